The maximum atomic E-state index is 10.2. The highest BCUT2D eigenvalue weighted by molar-refractivity contribution is 5.29. The predicted molar refractivity (Wildman–Crippen MR) is 126 cm³/mol. The van der Waals surface area contributed by atoms with Crippen LogP contribution < -0.4 is 0 Å². The van der Waals surface area contributed by atoms with Crippen molar-refractivity contribution in [2.24, 2.45) is 23.2 Å². The van der Waals surface area contributed by atoms with Crippen molar-refractivity contribution in [3.63, 3.8) is 0 Å². The molecule has 3 saturated carbocycles. The van der Waals surface area contributed by atoms with Crippen LogP contribution in [0.25, 0.3) is 0 Å². The first-order chi connectivity index (χ1) is 14.9. The van der Waals surface area contributed by atoms with Gasteiger partial charge in [0.15, 0.2) is 0 Å². The Morgan fingerprint density at radius 3 is 2.58 bits per heavy atom. The van der Waals surface area contributed by atoms with Crippen LogP contribution in [0.15, 0.2) is 35.5 Å². The largest absolute Gasteiger partial charge is 0.388 e. The zero-order valence-corrected chi connectivity index (χ0v) is 19.7. The van der Waals surface area contributed by atoms with Gasteiger partial charge in [-0.2, -0.15) is 0 Å². The van der Waals surface area contributed by atoms with Gasteiger partial charge in [0.05, 0.1) is 25.4 Å². The molecule has 4 rings (SSSR count). The normalized spacial score (nSPS) is 39.5. The number of ether oxygens (including phenoxy) is 1. The molecule has 0 aromatic heterocycles. The van der Waals surface area contributed by atoms with Gasteiger partial charge in [0, 0.05) is 13.1 Å². The Balaban J connectivity index is 1.40. The first-order valence-electron chi connectivity index (χ1n) is 12.6. The molecular weight excluding hydrogens is 386 g/mol. The van der Waals surface area contributed by atoms with Crippen LogP contribution in [0.3, 0.4) is 0 Å². The third-order valence-electron chi connectivity index (χ3n) is 9.03. The van der Waals surface area contributed by atoms with Crippen LogP contribution >= 0.6 is 0 Å². The zero-order valence-electron chi connectivity index (χ0n) is 19.7. The third-order valence-corrected chi connectivity index (χ3v) is 9.03. The molecule has 4 heteroatoms. The van der Waals surface area contributed by atoms with E-state index >= 15 is 0 Å². The molecule has 3 aliphatic carbocycles. The topological polar surface area (TPSA) is 52.9 Å². The maximum Gasteiger partial charge on any atom is 0.0809 e. The van der Waals surface area contributed by atoms with E-state index in [1.807, 2.05) is 0 Å². The number of hydrogen-bond acceptors (Lipinski definition) is 4. The molecule has 1 unspecified atom stereocenters. The van der Waals surface area contributed by atoms with Gasteiger partial charge in [-0.1, -0.05) is 43.7 Å². The molecule has 4 nitrogen and oxygen atoms in total. The molecule has 0 radical (unpaired) electrons. The monoisotopic (exact) mass is 429 g/mol. The van der Waals surface area contributed by atoms with Crippen molar-refractivity contribution in [3.05, 3.63) is 35.5 Å². The van der Waals surface area contributed by atoms with Gasteiger partial charge in [-0.15, -0.1) is 0 Å². The lowest BCUT2D eigenvalue weighted by Crippen LogP contribution is -2.39. The SMILES string of the molecule is C=C1[C@H](O)CC(=CC=C2CCC[C@]3(C)[C@@H](C(C)CCN4CCOCC4)CC[C@@H]23)C[C@H]1O. The van der Waals surface area contributed by atoms with Crippen LogP contribution in [0.2, 0.25) is 0 Å². The van der Waals surface area contributed by atoms with E-state index in [4.69, 9.17) is 4.74 Å². The summed E-state index contributed by atoms with van der Waals surface area (Å²) in [5.74, 6) is 2.28. The number of aliphatic hydroxyl groups is 2. The molecule has 1 saturated heterocycles. The van der Waals surface area contributed by atoms with Crippen molar-refractivity contribution < 1.29 is 14.9 Å². The Kier molecular flexibility index (Phi) is 7.42. The molecule has 0 bridgehead atoms. The molecule has 1 aliphatic heterocycles. The lowest BCUT2D eigenvalue weighted by atomic mass is 9.61. The van der Waals surface area contributed by atoms with Gasteiger partial charge in [0.2, 0.25) is 0 Å². The van der Waals surface area contributed by atoms with Crippen molar-refractivity contribution in [1.82, 2.24) is 4.90 Å². The number of aliphatic hydroxyl groups excluding tert-OH is 2. The number of nitrogens with zero attached hydrogens (tertiary/aromatic N) is 1. The summed E-state index contributed by atoms with van der Waals surface area (Å²) >= 11 is 0. The smallest absolute Gasteiger partial charge is 0.0809 e. The molecule has 174 valence electrons. The summed E-state index contributed by atoms with van der Waals surface area (Å²) in [6.07, 6.45) is 12.4. The van der Waals surface area contributed by atoms with Gasteiger partial charge in [-0.05, 0) is 86.7 Å². The lowest BCUT2D eigenvalue weighted by molar-refractivity contribution is 0.0299. The first-order valence-corrected chi connectivity index (χ1v) is 12.6. The van der Waals surface area contributed by atoms with E-state index in [1.165, 1.54) is 45.1 Å². The van der Waals surface area contributed by atoms with Crippen LogP contribution in [0.4, 0.5) is 0 Å². The molecule has 0 aromatic rings. The number of allylic oxidation sites excluding steroid dienone is 3. The highest BCUT2D eigenvalue weighted by atomic mass is 16.5. The molecule has 0 amide bonds. The average Bonchev–Trinajstić information content (AvgIpc) is 3.12. The summed E-state index contributed by atoms with van der Waals surface area (Å²) in [6, 6.07) is 0. The minimum Gasteiger partial charge on any atom is -0.388 e. The molecule has 4 fully saturated rings. The van der Waals surface area contributed by atoms with Crippen LogP contribution in [0.5, 0.6) is 0 Å². The van der Waals surface area contributed by atoms with Crippen LogP contribution in [0.1, 0.15) is 65.2 Å². The molecule has 31 heavy (non-hydrogen) atoms. The summed E-state index contributed by atoms with van der Waals surface area (Å²) in [7, 11) is 0. The maximum absolute atomic E-state index is 10.2. The molecule has 2 N–H and O–H groups in total. The fourth-order valence-electron chi connectivity index (χ4n) is 7.05. The Bertz CT molecular complexity index is 691. The van der Waals surface area contributed by atoms with Crippen molar-refractivity contribution >= 4 is 0 Å². The van der Waals surface area contributed by atoms with Gasteiger partial charge < -0.3 is 14.9 Å². The number of hydrogen-bond donors (Lipinski definition) is 2. The Morgan fingerprint density at radius 2 is 1.87 bits per heavy atom. The van der Waals surface area contributed by atoms with E-state index < -0.39 is 12.2 Å². The summed E-state index contributed by atoms with van der Waals surface area (Å²) in [6.45, 7) is 14.1. The minimum absolute atomic E-state index is 0.424. The minimum atomic E-state index is -0.604. The van der Waals surface area contributed by atoms with E-state index in [-0.39, 0.29) is 0 Å². The quantitative estimate of drug-likeness (QED) is 0.633. The zero-order chi connectivity index (χ0) is 22.0. The van der Waals surface area contributed by atoms with Crippen LogP contribution in [-0.4, -0.2) is 60.2 Å². The molecule has 6 atom stereocenters. The Morgan fingerprint density at radius 1 is 1.16 bits per heavy atom. The van der Waals surface area contributed by atoms with E-state index in [0.717, 1.165) is 43.7 Å². The summed E-state index contributed by atoms with van der Waals surface area (Å²) in [4.78, 5) is 2.58. The number of rotatable bonds is 5. The van der Waals surface area contributed by atoms with Crippen LogP contribution in [-0.2, 0) is 4.74 Å². The Labute approximate surface area is 189 Å². The van der Waals surface area contributed by atoms with Gasteiger partial charge in [-0.3, -0.25) is 4.90 Å². The molecule has 1 heterocycles. The molecule has 0 spiro atoms. The van der Waals surface area contributed by atoms with Crippen molar-refractivity contribution in [2.75, 3.05) is 32.8 Å². The molecule has 4 aliphatic rings. The lowest BCUT2D eigenvalue weighted by Gasteiger charge is -2.44. The van der Waals surface area contributed by atoms with Crippen LogP contribution in [0, 0.1) is 23.2 Å². The molecular formula is C27H43NO3. The van der Waals surface area contributed by atoms with Gasteiger partial charge in [0.1, 0.15) is 0 Å². The number of morpholine rings is 1. The van der Waals surface area contributed by atoms with E-state index in [2.05, 4.69) is 37.5 Å². The molecule has 0 aromatic carbocycles. The van der Waals surface area contributed by atoms with E-state index in [1.54, 1.807) is 5.57 Å². The van der Waals surface area contributed by atoms with E-state index in [9.17, 15) is 10.2 Å². The van der Waals surface area contributed by atoms with Gasteiger partial charge in [0.25, 0.3) is 0 Å². The highest BCUT2D eigenvalue weighted by Crippen LogP contribution is 2.59. The highest BCUT2D eigenvalue weighted by Gasteiger charge is 2.50. The summed E-state index contributed by atoms with van der Waals surface area (Å²) in [5.41, 5.74) is 3.75. The average molecular weight is 430 g/mol. The van der Waals surface area contributed by atoms with Gasteiger partial charge in [-0.25, -0.2) is 0 Å². The second kappa shape index (κ2) is 9.91. The Hall–Kier alpha value is -0.940. The van der Waals surface area contributed by atoms with E-state index in [0.29, 0.717) is 29.7 Å². The summed E-state index contributed by atoms with van der Waals surface area (Å²) < 4.78 is 5.50. The first kappa shape index (κ1) is 23.2. The third kappa shape index (κ3) is 5.03. The standard InChI is InChI=1S/C27H43NO3/c1-19(10-12-28-13-15-31-16-14-28)23-8-9-24-22(5-4-11-27(23,24)3)7-6-21-17-25(29)20(2)26(30)18-21/h6-7,19,23-26,29-30H,2,4-5,8-18H2,1,3H3/t19?,23-,24+,25-,26-,27-/m1/s1. The predicted octanol–water partition coefficient (Wildman–Crippen LogP) is 4.49. The summed E-state index contributed by atoms with van der Waals surface area (Å²) in [5, 5.41) is 20.3. The van der Waals surface area contributed by atoms with Crippen molar-refractivity contribution in [1.29, 1.82) is 0 Å². The fourth-order valence-corrected chi connectivity index (χ4v) is 7.05. The second-order valence-electron chi connectivity index (χ2n) is 10.9. The van der Waals surface area contributed by atoms with Crippen molar-refractivity contribution in [3.8, 4) is 0 Å². The second-order valence-corrected chi connectivity index (χ2v) is 10.9. The fraction of sp³-hybridized carbons (Fsp3) is 0.778. The number of fused-ring (bicyclic) bond motifs is 1. The van der Waals surface area contributed by atoms with Gasteiger partial charge >= 0.3 is 0 Å². The van der Waals surface area contributed by atoms with Crippen molar-refractivity contribution in [2.45, 2.75) is 77.4 Å².